The van der Waals surface area contributed by atoms with Gasteiger partial charge in [0.25, 0.3) is 0 Å². The molecule has 1 aliphatic rings. The molecule has 0 aromatic rings. The Balaban J connectivity index is 2.89. The zero-order valence-corrected chi connectivity index (χ0v) is 9.02. The molecule has 1 rings (SSSR count). The summed E-state index contributed by atoms with van der Waals surface area (Å²) in [5.41, 5.74) is 10.2. The lowest BCUT2D eigenvalue weighted by Crippen LogP contribution is -2.70. The number of methoxy groups -OCH3 is 2. The van der Waals surface area contributed by atoms with Crippen LogP contribution in [0.25, 0.3) is 0 Å². The Morgan fingerprint density at radius 3 is 2.33 bits per heavy atom. The van der Waals surface area contributed by atoms with Gasteiger partial charge in [-0.15, -0.1) is 0 Å². The Labute approximate surface area is 88.5 Å². The lowest BCUT2D eigenvalue weighted by Gasteiger charge is -2.46. The molecule has 15 heavy (non-hydrogen) atoms. The van der Waals surface area contributed by atoms with Crippen LogP contribution in [0.4, 0.5) is 4.39 Å². The Morgan fingerprint density at radius 1 is 1.40 bits per heavy atom. The Bertz CT molecular complexity index is 220. The van der Waals surface area contributed by atoms with E-state index in [2.05, 4.69) is 0 Å². The quantitative estimate of drug-likeness (QED) is 0.556. The van der Waals surface area contributed by atoms with E-state index >= 15 is 0 Å². The van der Waals surface area contributed by atoms with E-state index in [0.29, 0.717) is 0 Å². The van der Waals surface area contributed by atoms with Gasteiger partial charge in [-0.1, -0.05) is 0 Å². The number of nitrogens with two attached hydrogens (primary N) is 2. The molecule has 5 N–H and O–H groups in total. The average molecular weight is 222 g/mol. The first kappa shape index (κ1) is 12.8. The SMILES string of the molecule is CO[C@H]1[C@H](OC)[C@@H](N)C[C@](N)(CF)[C@@H]1O. The summed E-state index contributed by atoms with van der Waals surface area (Å²) in [6.07, 6.45) is -2.10. The second kappa shape index (κ2) is 4.71. The van der Waals surface area contributed by atoms with Crippen LogP contribution in [-0.4, -0.2) is 55.9 Å². The van der Waals surface area contributed by atoms with Crippen molar-refractivity contribution in [1.29, 1.82) is 0 Å². The van der Waals surface area contributed by atoms with Crippen molar-refractivity contribution in [1.82, 2.24) is 0 Å². The smallest absolute Gasteiger partial charge is 0.112 e. The normalized spacial score (nSPS) is 46.8. The minimum absolute atomic E-state index is 0.170. The van der Waals surface area contributed by atoms with Gasteiger partial charge in [0, 0.05) is 20.3 Å². The van der Waals surface area contributed by atoms with E-state index < -0.39 is 36.6 Å². The molecule has 0 saturated heterocycles. The first-order chi connectivity index (χ1) is 7.00. The molecule has 1 fully saturated rings. The van der Waals surface area contributed by atoms with Crippen LogP contribution in [0.1, 0.15) is 6.42 Å². The van der Waals surface area contributed by atoms with Crippen molar-refractivity contribution < 1.29 is 19.0 Å². The van der Waals surface area contributed by atoms with Crippen LogP contribution in [-0.2, 0) is 9.47 Å². The number of halogens is 1. The summed E-state index contributed by atoms with van der Waals surface area (Å²) in [4.78, 5) is 0. The Morgan fingerprint density at radius 2 is 1.93 bits per heavy atom. The van der Waals surface area contributed by atoms with Crippen molar-refractivity contribution in [2.75, 3.05) is 20.9 Å². The van der Waals surface area contributed by atoms with Gasteiger partial charge in [0.2, 0.25) is 0 Å². The summed E-state index contributed by atoms with van der Waals surface area (Å²) in [5.74, 6) is 0. The number of rotatable bonds is 3. The summed E-state index contributed by atoms with van der Waals surface area (Å²) in [6, 6.07) is -0.441. The molecule has 0 aromatic heterocycles. The topological polar surface area (TPSA) is 90.7 Å². The molecular formula is C9H19FN2O3. The van der Waals surface area contributed by atoms with Gasteiger partial charge in [-0.3, -0.25) is 0 Å². The number of ether oxygens (including phenoxy) is 2. The van der Waals surface area contributed by atoms with E-state index in [9.17, 15) is 9.50 Å². The predicted molar refractivity (Wildman–Crippen MR) is 53.1 cm³/mol. The Hall–Kier alpha value is -0.270. The highest BCUT2D eigenvalue weighted by molar-refractivity contribution is 5.07. The molecule has 0 bridgehead atoms. The molecule has 0 heterocycles. The van der Waals surface area contributed by atoms with Gasteiger partial charge >= 0.3 is 0 Å². The van der Waals surface area contributed by atoms with Crippen LogP contribution in [0.5, 0.6) is 0 Å². The third kappa shape index (κ3) is 2.14. The van der Waals surface area contributed by atoms with Gasteiger partial charge in [-0.2, -0.15) is 0 Å². The van der Waals surface area contributed by atoms with Crippen LogP contribution in [0.3, 0.4) is 0 Å². The molecule has 6 heteroatoms. The van der Waals surface area contributed by atoms with E-state index in [4.69, 9.17) is 20.9 Å². The minimum Gasteiger partial charge on any atom is -0.388 e. The van der Waals surface area contributed by atoms with Gasteiger partial charge in [0.15, 0.2) is 0 Å². The molecule has 0 radical (unpaired) electrons. The summed E-state index contributed by atoms with van der Waals surface area (Å²) in [6.45, 7) is -0.835. The van der Waals surface area contributed by atoms with Crippen LogP contribution < -0.4 is 11.5 Å². The number of aliphatic hydroxyl groups excluding tert-OH is 1. The maximum absolute atomic E-state index is 12.8. The van der Waals surface area contributed by atoms with Crippen molar-refractivity contribution in [3.63, 3.8) is 0 Å². The number of alkyl halides is 1. The van der Waals surface area contributed by atoms with Gasteiger partial charge in [0.1, 0.15) is 25.0 Å². The average Bonchev–Trinajstić information content (AvgIpc) is 2.22. The van der Waals surface area contributed by atoms with Gasteiger partial charge in [0.05, 0.1) is 5.54 Å². The maximum atomic E-state index is 12.8. The third-order valence-corrected chi connectivity index (χ3v) is 3.05. The highest BCUT2D eigenvalue weighted by Gasteiger charge is 2.50. The molecule has 0 amide bonds. The summed E-state index contributed by atoms with van der Waals surface area (Å²) < 4.78 is 23.0. The number of hydrogen-bond donors (Lipinski definition) is 3. The van der Waals surface area contributed by atoms with E-state index in [1.807, 2.05) is 0 Å². The van der Waals surface area contributed by atoms with Gasteiger partial charge in [-0.25, -0.2) is 4.39 Å². The number of aliphatic hydroxyl groups is 1. The molecule has 0 spiro atoms. The van der Waals surface area contributed by atoms with E-state index in [-0.39, 0.29) is 6.42 Å². The van der Waals surface area contributed by atoms with E-state index in [1.54, 1.807) is 0 Å². The molecule has 90 valence electrons. The van der Waals surface area contributed by atoms with Crippen molar-refractivity contribution in [3.05, 3.63) is 0 Å². The van der Waals surface area contributed by atoms with Crippen LogP contribution >= 0.6 is 0 Å². The largest absolute Gasteiger partial charge is 0.388 e. The lowest BCUT2D eigenvalue weighted by atomic mass is 9.75. The molecule has 1 saturated carbocycles. The Kier molecular flexibility index (Phi) is 4.02. The fraction of sp³-hybridized carbons (Fsp3) is 1.00. The zero-order valence-electron chi connectivity index (χ0n) is 9.02. The molecule has 1 aliphatic carbocycles. The highest BCUT2D eigenvalue weighted by atomic mass is 19.1. The summed E-state index contributed by atoms with van der Waals surface area (Å²) in [7, 11) is 2.89. The molecule has 5 nitrogen and oxygen atoms in total. The zero-order chi connectivity index (χ0) is 11.6. The molecule has 5 atom stereocenters. The highest BCUT2D eigenvalue weighted by Crippen LogP contribution is 2.30. The first-order valence-corrected chi connectivity index (χ1v) is 4.84. The molecular weight excluding hydrogens is 203 g/mol. The van der Waals surface area contributed by atoms with Crippen molar-refractivity contribution in [3.8, 4) is 0 Å². The monoisotopic (exact) mass is 222 g/mol. The van der Waals surface area contributed by atoms with Crippen LogP contribution in [0.2, 0.25) is 0 Å². The van der Waals surface area contributed by atoms with Crippen molar-refractivity contribution in [2.24, 2.45) is 11.5 Å². The van der Waals surface area contributed by atoms with E-state index in [0.717, 1.165) is 0 Å². The standard InChI is InChI=1S/C9H19FN2O3/c1-14-6-5(11)3-9(12,4-10)8(13)7(6)15-2/h5-8,13H,3-4,11-12H2,1-2H3/t5-,6+,7-,8+,9-/m0/s1. The minimum atomic E-state index is -1.34. The van der Waals surface area contributed by atoms with Crippen LogP contribution in [0, 0.1) is 0 Å². The van der Waals surface area contributed by atoms with Crippen LogP contribution in [0.15, 0.2) is 0 Å². The predicted octanol–water partition coefficient (Wildman–Crippen LogP) is -1.22. The fourth-order valence-corrected chi connectivity index (χ4v) is 2.13. The van der Waals surface area contributed by atoms with Gasteiger partial charge < -0.3 is 26.0 Å². The molecule has 0 aromatic carbocycles. The van der Waals surface area contributed by atoms with E-state index in [1.165, 1.54) is 14.2 Å². The van der Waals surface area contributed by atoms with Crippen molar-refractivity contribution in [2.45, 2.75) is 36.3 Å². The summed E-state index contributed by atoms with van der Waals surface area (Å²) in [5, 5.41) is 9.88. The second-order valence-electron chi connectivity index (χ2n) is 4.08. The molecule has 0 unspecified atom stereocenters. The third-order valence-electron chi connectivity index (χ3n) is 3.05. The molecule has 0 aliphatic heterocycles. The number of hydrogen-bond acceptors (Lipinski definition) is 5. The van der Waals surface area contributed by atoms with Gasteiger partial charge in [-0.05, 0) is 6.42 Å². The lowest BCUT2D eigenvalue weighted by molar-refractivity contribution is -0.154. The summed E-state index contributed by atoms with van der Waals surface area (Å²) >= 11 is 0. The maximum Gasteiger partial charge on any atom is 0.112 e. The fourth-order valence-electron chi connectivity index (χ4n) is 2.13. The first-order valence-electron chi connectivity index (χ1n) is 4.84. The van der Waals surface area contributed by atoms with Crippen molar-refractivity contribution >= 4 is 0 Å². The second-order valence-corrected chi connectivity index (χ2v) is 4.08.